The number of amides is 2. The second kappa shape index (κ2) is 6.48. The molecule has 0 saturated carbocycles. The van der Waals surface area contributed by atoms with Crippen LogP contribution in [0.15, 0.2) is 49.2 Å². The number of carbonyl (C=O) groups is 2. The molecule has 2 amide bonds. The normalized spacial score (nSPS) is 13.3. The van der Waals surface area contributed by atoms with E-state index in [0.29, 0.717) is 37.3 Å². The highest BCUT2D eigenvalue weighted by atomic mass is 16.2. The molecule has 1 aromatic heterocycles. The van der Waals surface area contributed by atoms with Crippen LogP contribution in [0.3, 0.4) is 0 Å². The summed E-state index contributed by atoms with van der Waals surface area (Å²) in [4.78, 5) is 26.5. The van der Waals surface area contributed by atoms with Crippen molar-refractivity contribution in [3.8, 4) is 0 Å². The quantitative estimate of drug-likeness (QED) is 0.869. The number of aromatic nitrogens is 2. The summed E-state index contributed by atoms with van der Waals surface area (Å²) in [7, 11) is 0. The van der Waals surface area contributed by atoms with Gasteiger partial charge in [-0.25, -0.2) is 0 Å². The Morgan fingerprint density at radius 2 is 2.04 bits per heavy atom. The van der Waals surface area contributed by atoms with Crippen LogP contribution in [-0.2, 0) is 13.1 Å². The standard InChI is InChI=1S/C17H18N4O2/c1-2-8-18-16(22)14-11-19-21-10-9-20(12-15(14)21)17(23)13-6-4-3-5-7-13/h2-7,11H,1,8-10,12H2,(H,18,22). The molecular weight excluding hydrogens is 292 g/mol. The molecule has 1 N–H and O–H groups in total. The first kappa shape index (κ1) is 15.0. The van der Waals surface area contributed by atoms with Gasteiger partial charge in [0.05, 0.1) is 30.5 Å². The third kappa shape index (κ3) is 3.01. The maximum atomic E-state index is 12.6. The predicted molar refractivity (Wildman–Crippen MR) is 85.9 cm³/mol. The van der Waals surface area contributed by atoms with Crippen molar-refractivity contribution in [1.29, 1.82) is 0 Å². The van der Waals surface area contributed by atoms with Crippen LogP contribution in [0.5, 0.6) is 0 Å². The van der Waals surface area contributed by atoms with Gasteiger partial charge in [0.15, 0.2) is 0 Å². The van der Waals surface area contributed by atoms with Crippen LogP contribution in [0.2, 0.25) is 0 Å². The summed E-state index contributed by atoms with van der Waals surface area (Å²) in [6.45, 7) is 5.53. The van der Waals surface area contributed by atoms with E-state index in [4.69, 9.17) is 0 Å². The lowest BCUT2D eigenvalue weighted by molar-refractivity contribution is 0.0702. The van der Waals surface area contributed by atoms with E-state index < -0.39 is 0 Å². The fourth-order valence-corrected chi connectivity index (χ4v) is 2.63. The van der Waals surface area contributed by atoms with Gasteiger partial charge in [0.2, 0.25) is 0 Å². The fourth-order valence-electron chi connectivity index (χ4n) is 2.63. The van der Waals surface area contributed by atoms with Crippen molar-refractivity contribution in [2.24, 2.45) is 0 Å². The number of nitrogens with one attached hydrogen (secondary N) is 1. The number of nitrogens with zero attached hydrogens (tertiary/aromatic N) is 3. The molecular formula is C17H18N4O2. The molecule has 0 atom stereocenters. The Bertz CT molecular complexity index is 736. The molecule has 2 aromatic rings. The maximum Gasteiger partial charge on any atom is 0.255 e. The van der Waals surface area contributed by atoms with E-state index in [0.717, 1.165) is 5.69 Å². The topological polar surface area (TPSA) is 67.2 Å². The van der Waals surface area contributed by atoms with Gasteiger partial charge in [-0.2, -0.15) is 5.10 Å². The molecule has 0 aliphatic carbocycles. The fraction of sp³-hybridized carbons (Fsp3) is 0.235. The SMILES string of the molecule is C=CCNC(=O)c1cnn2c1CN(C(=O)c1ccccc1)CC2. The van der Waals surface area contributed by atoms with Crippen molar-refractivity contribution in [2.75, 3.05) is 13.1 Å². The van der Waals surface area contributed by atoms with Gasteiger partial charge in [-0.1, -0.05) is 24.3 Å². The second-order valence-corrected chi connectivity index (χ2v) is 5.32. The molecule has 6 nitrogen and oxygen atoms in total. The number of hydrogen-bond donors (Lipinski definition) is 1. The van der Waals surface area contributed by atoms with Gasteiger partial charge in [0.25, 0.3) is 11.8 Å². The van der Waals surface area contributed by atoms with Crippen LogP contribution in [0.25, 0.3) is 0 Å². The third-order valence-electron chi connectivity index (χ3n) is 3.83. The zero-order valence-corrected chi connectivity index (χ0v) is 12.7. The highest BCUT2D eigenvalue weighted by Gasteiger charge is 2.26. The number of carbonyl (C=O) groups excluding carboxylic acids is 2. The Balaban J connectivity index is 1.80. The van der Waals surface area contributed by atoms with Crippen LogP contribution in [-0.4, -0.2) is 39.6 Å². The summed E-state index contributed by atoms with van der Waals surface area (Å²) < 4.78 is 1.79. The maximum absolute atomic E-state index is 12.6. The number of fused-ring (bicyclic) bond motifs is 1. The van der Waals surface area contributed by atoms with Crippen molar-refractivity contribution in [3.05, 3.63) is 66.0 Å². The van der Waals surface area contributed by atoms with Crippen molar-refractivity contribution >= 4 is 11.8 Å². The summed E-state index contributed by atoms with van der Waals surface area (Å²) >= 11 is 0. The zero-order valence-electron chi connectivity index (χ0n) is 12.7. The molecule has 6 heteroatoms. The minimum Gasteiger partial charge on any atom is -0.348 e. The van der Waals surface area contributed by atoms with Gasteiger partial charge < -0.3 is 10.2 Å². The van der Waals surface area contributed by atoms with E-state index in [1.807, 2.05) is 18.2 Å². The molecule has 1 aliphatic rings. The molecule has 1 aromatic carbocycles. The van der Waals surface area contributed by atoms with E-state index >= 15 is 0 Å². The average Bonchev–Trinajstić information content (AvgIpc) is 3.03. The lowest BCUT2D eigenvalue weighted by Gasteiger charge is -2.28. The molecule has 23 heavy (non-hydrogen) atoms. The first-order valence-electron chi connectivity index (χ1n) is 7.49. The third-order valence-corrected chi connectivity index (χ3v) is 3.83. The number of rotatable bonds is 4. The van der Waals surface area contributed by atoms with Crippen molar-refractivity contribution in [1.82, 2.24) is 20.0 Å². The Morgan fingerprint density at radius 1 is 1.26 bits per heavy atom. The van der Waals surface area contributed by atoms with E-state index in [1.165, 1.54) is 0 Å². The Hall–Kier alpha value is -2.89. The molecule has 0 bridgehead atoms. The summed E-state index contributed by atoms with van der Waals surface area (Å²) in [6.07, 6.45) is 3.18. The van der Waals surface area contributed by atoms with E-state index in [9.17, 15) is 9.59 Å². The van der Waals surface area contributed by atoms with Crippen LogP contribution in [0.4, 0.5) is 0 Å². The van der Waals surface area contributed by atoms with Gasteiger partial charge in [0, 0.05) is 18.7 Å². The van der Waals surface area contributed by atoms with Crippen LogP contribution in [0, 0.1) is 0 Å². The van der Waals surface area contributed by atoms with Gasteiger partial charge in [-0.05, 0) is 12.1 Å². The second-order valence-electron chi connectivity index (χ2n) is 5.32. The molecule has 0 fully saturated rings. The molecule has 0 spiro atoms. The van der Waals surface area contributed by atoms with Gasteiger partial charge >= 0.3 is 0 Å². The molecule has 0 saturated heterocycles. The number of hydrogen-bond acceptors (Lipinski definition) is 3. The molecule has 1 aliphatic heterocycles. The van der Waals surface area contributed by atoms with E-state index in [2.05, 4.69) is 17.0 Å². The van der Waals surface area contributed by atoms with Crippen molar-refractivity contribution in [3.63, 3.8) is 0 Å². The highest BCUT2D eigenvalue weighted by molar-refractivity contribution is 5.96. The molecule has 0 radical (unpaired) electrons. The average molecular weight is 310 g/mol. The van der Waals surface area contributed by atoms with Crippen LogP contribution in [0.1, 0.15) is 26.4 Å². The minimum absolute atomic E-state index is 0.0319. The minimum atomic E-state index is -0.194. The summed E-state index contributed by atoms with van der Waals surface area (Å²) in [6, 6.07) is 9.16. The largest absolute Gasteiger partial charge is 0.348 e. The molecule has 2 heterocycles. The lowest BCUT2D eigenvalue weighted by atomic mass is 10.1. The Labute approximate surface area is 134 Å². The monoisotopic (exact) mass is 310 g/mol. The summed E-state index contributed by atoms with van der Waals surface area (Å²) in [5, 5.41) is 6.99. The smallest absolute Gasteiger partial charge is 0.255 e. The van der Waals surface area contributed by atoms with E-state index in [1.54, 1.807) is 34.0 Å². The number of benzene rings is 1. The van der Waals surface area contributed by atoms with Gasteiger partial charge in [-0.3, -0.25) is 14.3 Å². The summed E-state index contributed by atoms with van der Waals surface area (Å²) in [5.41, 5.74) is 1.93. The Morgan fingerprint density at radius 3 is 2.78 bits per heavy atom. The van der Waals surface area contributed by atoms with Crippen molar-refractivity contribution in [2.45, 2.75) is 13.1 Å². The summed E-state index contributed by atoms with van der Waals surface area (Å²) in [5.74, 6) is -0.226. The van der Waals surface area contributed by atoms with Gasteiger partial charge in [0.1, 0.15) is 0 Å². The molecule has 118 valence electrons. The molecule has 0 unspecified atom stereocenters. The van der Waals surface area contributed by atoms with E-state index in [-0.39, 0.29) is 11.8 Å². The van der Waals surface area contributed by atoms with Crippen LogP contribution < -0.4 is 5.32 Å². The first-order chi connectivity index (χ1) is 11.2. The predicted octanol–water partition coefficient (Wildman–Crippen LogP) is 1.45. The highest BCUT2D eigenvalue weighted by Crippen LogP contribution is 2.18. The lowest BCUT2D eigenvalue weighted by Crippen LogP contribution is -2.39. The van der Waals surface area contributed by atoms with Gasteiger partial charge in [-0.15, -0.1) is 6.58 Å². The van der Waals surface area contributed by atoms with Crippen molar-refractivity contribution < 1.29 is 9.59 Å². The van der Waals surface area contributed by atoms with Crippen LogP contribution >= 0.6 is 0 Å². The molecule has 3 rings (SSSR count). The first-order valence-corrected chi connectivity index (χ1v) is 7.49. The Kier molecular flexibility index (Phi) is 4.23. The zero-order chi connectivity index (χ0) is 16.2.